The lowest BCUT2D eigenvalue weighted by molar-refractivity contribution is 0.0971. The number of aromatic nitrogens is 2. The molecule has 26 heavy (non-hydrogen) atoms. The van der Waals surface area contributed by atoms with Gasteiger partial charge in [0.1, 0.15) is 17.3 Å². The summed E-state index contributed by atoms with van der Waals surface area (Å²) in [7, 11) is 1.66. The molecule has 0 saturated heterocycles. The van der Waals surface area contributed by atoms with Crippen LogP contribution in [-0.4, -0.2) is 39.3 Å². The molecule has 0 aliphatic rings. The summed E-state index contributed by atoms with van der Waals surface area (Å²) in [4.78, 5) is 6.73. The van der Waals surface area contributed by atoms with E-state index < -0.39 is 0 Å². The number of methoxy groups -OCH3 is 1. The maximum Gasteiger partial charge on any atom is 0.127 e. The first-order valence-corrected chi connectivity index (χ1v) is 8.79. The Morgan fingerprint density at radius 2 is 2.04 bits per heavy atom. The zero-order chi connectivity index (χ0) is 18.4. The maximum absolute atomic E-state index is 9.78. The molecule has 3 aromatic rings. The molecular formula is C20H25N3O3. The van der Waals surface area contributed by atoms with Crippen molar-refractivity contribution in [2.45, 2.75) is 32.5 Å². The molecule has 0 spiro atoms. The predicted octanol–water partition coefficient (Wildman–Crippen LogP) is 3.25. The highest BCUT2D eigenvalue weighted by atomic mass is 16.5. The van der Waals surface area contributed by atoms with E-state index in [2.05, 4.69) is 21.4 Å². The fraction of sp³-hybridized carbons (Fsp3) is 0.350. The molecule has 0 bridgehead atoms. The van der Waals surface area contributed by atoms with E-state index in [4.69, 9.17) is 9.15 Å². The molecule has 6 heteroatoms. The second kappa shape index (κ2) is 8.69. The summed E-state index contributed by atoms with van der Waals surface area (Å²) < 4.78 is 12.8. The van der Waals surface area contributed by atoms with Crippen LogP contribution in [0.25, 0.3) is 5.69 Å². The molecule has 2 aromatic heterocycles. The molecule has 0 saturated carbocycles. The number of furan rings is 1. The molecule has 1 N–H and O–H groups in total. The van der Waals surface area contributed by atoms with Crippen LogP contribution in [0.15, 0.2) is 59.5 Å². The van der Waals surface area contributed by atoms with E-state index in [1.54, 1.807) is 19.6 Å². The topological polar surface area (TPSA) is 63.7 Å². The fourth-order valence-corrected chi connectivity index (χ4v) is 3.03. The number of imidazole rings is 1. The minimum atomic E-state index is 0.0427. The Hall–Kier alpha value is -2.57. The van der Waals surface area contributed by atoms with Gasteiger partial charge in [0.05, 0.1) is 33.1 Å². The van der Waals surface area contributed by atoms with Crippen molar-refractivity contribution in [2.75, 3.05) is 13.7 Å². The third-order valence-corrected chi connectivity index (χ3v) is 4.55. The van der Waals surface area contributed by atoms with E-state index in [0.717, 1.165) is 29.4 Å². The summed E-state index contributed by atoms with van der Waals surface area (Å²) in [6.45, 7) is 3.41. The number of nitrogens with zero attached hydrogens (tertiary/aromatic N) is 3. The Bertz CT molecular complexity index is 777. The van der Waals surface area contributed by atoms with E-state index in [0.29, 0.717) is 13.1 Å². The number of aliphatic hydroxyl groups excluding tert-OH is 1. The molecule has 1 aromatic carbocycles. The lowest BCUT2D eigenvalue weighted by Crippen LogP contribution is -2.37. The summed E-state index contributed by atoms with van der Waals surface area (Å²) >= 11 is 0. The highest BCUT2D eigenvalue weighted by Crippen LogP contribution is 2.19. The average Bonchev–Trinajstić information content (AvgIpc) is 3.35. The highest BCUT2D eigenvalue weighted by Gasteiger charge is 2.20. The number of hydrogen-bond acceptors (Lipinski definition) is 5. The Morgan fingerprint density at radius 1 is 1.23 bits per heavy atom. The lowest BCUT2D eigenvalue weighted by atomic mass is 10.2. The van der Waals surface area contributed by atoms with Gasteiger partial charge in [0, 0.05) is 24.1 Å². The normalized spacial score (nSPS) is 12.5. The van der Waals surface area contributed by atoms with Crippen LogP contribution >= 0.6 is 0 Å². The molecule has 1 atom stereocenters. The largest absolute Gasteiger partial charge is 0.497 e. The van der Waals surface area contributed by atoms with Gasteiger partial charge in [-0.3, -0.25) is 4.90 Å². The van der Waals surface area contributed by atoms with Gasteiger partial charge in [-0.15, -0.1) is 0 Å². The number of rotatable bonds is 9. The second-order valence-corrected chi connectivity index (χ2v) is 6.14. The van der Waals surface area contributed by atoms with Crippen molar-refractivity contribution >= 4 is 0 Å². The van der Waals surface area contributed by atoms with Crippen LogP contribution in [0.1, 0.15) is 24.9 Å². The van der Waals surface area contributed by atoms with E-state index in [1.165, 1.54) is 0 Å². The standard InChI is InChI=1S/C20H25N3O3/c1-3-16(15-24)22(13-19-5-4-12-26-19)14-20-21-10-11-23(20)17-6-8-18(25-2)9-7-17/h4-12,16,24H,3,13-15H2,1-2H3/t16-/m1/s1. The molecular weight excluding hydrogens is 330 g/mol. The van der Waals surface area contributed by atoms with Crippen molar-refractivity contribution in [3.63, 3.8) is 0 Å². The van der Waals surface area contributed by atoms with Gasteiger partial charge in [0.25, 0.3) is 0 Å². The summed E-state index contributed by atoms with van der Waals surface area (Å²) in [6.07, 6.45) is 6.26. The van der Waals surface area contributed by atoms with Crippen molar-refractivity contribution in [1.29, 1.82) is 0 Å². The first kappa shape index (κ1) is 18.2. The van der Waals surface area contributed by atoms with Crippen LogP contribution in [0, 0.1) is 0 Å². The number of ether oxygens (including phenoxy) is 1. The molecule has 0 aliphatic carbocycles. The quantitative estimate of drug-likeness (QED) is 0.638. The predicted molar refractivity (Wildman–Crippen MR) is 99.2 cm³/mol. The van der Waals surface area contributed by atoms with Gasteiger partial charge in [0.15, 0.2) is 0 Å². The van der Waals surface area contributed by atoms with Gasteiger partial charge < -0.3 is 18.8 Å². The lowest BCUT2D eigenvalue weighted by Gasteiger charge is -2.28. The molecule has 0 fully saturated rings. The van der Waals surface area contributed by atoms with Gasteiger partial charge in [-0.05, 0) is 42.8 Å². The van der Waals surface area contributed by atoms with E-state index in [1.807, 2.05) is 42.6 Å². The van der Waals surface area contributed by atoms with Crippen LogP contribution in [0.5, 0.6) is 5.75 Å². The molecule has 3 rings (SSSR count). The van der Waals surface area contributed by atoms with Crippen LogP contribution in [-0.2, 0) is 13.1 Å². The van der Waals surface area contributed by atoms with Crippen LogP contribution in [0.2, 0.25) is 0 Å². The monoisotopic (exact) mass is 355 g/mol. The molecule has 2 heterocycles. The van der Waals surface area contributed by atoms with Gasteiger partial charge in [0.2, 0.25) is 0 Å². The van der Waals surface area contributed by atoms with Crippen LogP contribution in [0.3, 0.4) is 0 Å². The Labute approximate surface area is 153 Å². The minimum absolute atomic E-state index is 0.0427. The minimum Gasteiger partial charge on any atom is -0.497 e. The molecule has 0 amide bonds. The van der Waals surface area contributed by atoms with Crippen molar-refractivity contribution in [3.8, 4) is 11.4 Å². The van der Waals surface area contributed by atoms with E-state index in [9.17, 15) is 5.11 Å². The Morgan fingerprint density at radius 3 is 2.65 bits per heavy atom. The summed E-state index contributed by atoms with van der Waals surface area (Å²) in [5, 5.41) is 9.78. The Balaban J connectivity index is 1.83. The van der Waals surface area contributed by atoms with Gasteiger partial charge in [-0.25, -0.2) is 4.98 Å². The van der Waals surface area contributed by atoms with Crippen molar-refractivity contribution in [2.24, 2.45) is 0 Å². The van der Waals surface area contributed by atoms with Gasteiger partial charge in [-0.1, -0.05) is 6.92 Å². The number of hydrogen-bond donors (Lipinski definition) is 1. The fourth-order valence-electron chi connectivity index (χ4n) is 3.03. The second-order valence-electron chi connectivity index (χ2n) is 6.14. The average molecular weight is 355 g/mol. The van der Waals surface area contributed by atoms with Crippen molar-refractivity contribution in [3.05, 3.63) is 66.6 Å². The van der Waals surface area contributed by atoms with E-state index in [-0.39, 0.29) is 12.6 Å². The smallest absolute Gasteiger partial charge is 0.127 e. The number of benzene rings is 1. The van der Waals surface area contributed by atoms with Crippen molar-refractivity contribution in [1.82, 2.24) is 14.5 Å². The first-order valence-electron chi connectivity index (χ1n) is 8.79. The van der Waals surface area contributed by atoms with Gasteiger partial charge in [-0.2, -0.15) is 0 Å². The first-order chi connectivity index (χ1) is 12.7. The maximum atomic E-state index is 9.78. The summed E-state index contributed by atoms with van der Waals surface area (Å²) in [5.74, 6) is 2.61. The van der Waals surface area contributed by atoms with Crippen LogP contribution in [0.4, 0.5) is 0 Å². The zero-order valence-electron chi connectivity index (χ0n) is 15.2. The molecule has 0 aliphatic heterocycles. The summed E-state index contributed by atoms with van der Waals surface area (Å²) in [6, 6.07) is 11.7. The van der Waals surface area contributed by atoms with Crippen LogP contribution < -0.4 is 4.74 Å². The molecule has 138 valence electrons. The highest BCUT2D eigenvalue weighted by molar-refractivity contribution is 5.38. The SMILES string of the molecule is CC[C@H](CO)N(Cc1ccco1)Cc1nccn1-c1ccc(OC)cc1. The molecule has 0 unspecified atom stereocenters. The molecule has 6 nitrogen and oxygen atoms in total. The third kappa shape index (κ3) is 4.15. The Kier molecular flexibility index (Phi) is 6.09. The third-order valence-electron chi connectivity index (χ3n) is 4.55. The molecule has 0 radical (unpaired) electrons. The summed E-state index contributed by atoms with van der Waals surface area (Å²) in [5.41, 5.74) is 1.02. The number of aliphatic hydroxyl groups is 1. The van der Waals surface area contributed by atoms with Crippen molar-refractivity contribution < 1.29 is 14.3 Å². The van der Waals surface area contributed by atoms with E-state index >= 15 is 0 Å². The zero-order valence-corrected chi connectivity index (χ0v) is 15.2. The van der Waals surface area contributed by atoms with Gasteiger partial charge >= 0.3 is 0 Å².